The summed E-state index contributed by atoms with van der Waals surface area (Å²) in [5, 5.41) is 0. The lowest BCUT2D eigenvalue weighted by atomic mass is 9.68. The highest BCUT2D eigenvalue weighted by atomic mass is 16.7. The van der Waals surface area contributed by atoms with Crippen LogP contribution in [0.15, 0.2) is 72.8 Å². The standard InChI is InChI=1S/C23H26O2/c1-17(2)19-14-21(24-16-18-10-6-4-7-11-18)22(3)23(15-19,25-22)20-12-8-5-9-13-20/h4-13,19,21H,1,14-16H2,2-3H3/t19-,21+,22-,23-/m0/s1. The van der Waals surface area contributed by atoms with E-state index in [1.54, 1.807) is 0 Å². The van der Waals surface area contributed by atoms with Crippen LogP contribution in [-0.4, -0.2) is 11.7 Å². The SMILES string of the molecule is C=C(C)[C@H]1C[C@@H](OCc2ccccc2)[C@]2(C)O[C@]2(c2ccccc2)C1. The van der Waals surface area contributed by atoms with Gasteiger partial charge in [-0.15, -0.1) is 0 Å². The molecule has 2 heteroatoms. The van der Waals surface area contributed by atoms with Crippen LogP contribution >= 0.6 is 0 Å². The maximum Gasteiger partial charge on any atom is 0.126 e. The highest BCUT2D eigenvalue weighted by Crippen LogP contribution is 2.66. The zero-order valence-corrected chi connectivity index (χ0v) is 15.1. The summed E-state index contributed by atoms with van der Waals surface area (Å²) in [6.07, 6.45) is 2.05. The Morgan fingerprint density at radius 2 is 1.76 bits per heavy atom. The van der Waals surface area contributed by atoms with Gasteiger partial charge >= 0.3 is 0 Å². The molecule has 4 rings (SSSR count). The highest BCUT2D eigenvalue weighted by molar-refractivity contribution is 5.37. The van der Waals surface area contributed by atoms with Gasteiger partial charge in [0, 0.05) is 0 Å². The van der Waals surface area contributed by atoms with Gasteiger partial charge in [-0.2, -0.15) is 0 Å². The fourth-order valence-corrected chi connectivity index (χ4v) is 4.36. The fraction of sp³-hybridized carbons (Fsp3) is 0.391. The Bertz CT molecular complexity index is 754. The molecule has 4 atom stereocenters. The second-order valence-corrected chi connectivity index (χ2v) is 7.67. The molecule has 1 heterocycles. The van der Waals surface area contributed by atoms with E-state index in [-0.39, 0.29) is 17.3 Å². The Morgan fingerprint density at radius 1 is 1.12 bits per heavy atom. The van der Waals surface area contributed by atoms with E-state index in [2.05, 4.69) is 75.0 Å². The van der Waals surface area contributed by atoms with E-state index in [0.717, 1.165) is 12.8 Å². The van der Waals surface area contributed by atoms with Crippen molar-refractivity contribution in [2.24, 2.45) is 5.92 Å². The summed E-state index contributed by atoms with van der Waals surface area (Å²) in [6, 6.07) is 21.0. The maximum absolute atomic E-state index is 6.45. The van der Waals surface area contributed by atoms with Crippen LogP contribution in [-0.2, 0) is 21.7 Å². The number of epoxide rings is 1. The van der Waals surface area contributed by atoms with Crippen molar-refractivity contribution in [2.75, 3.05) is 0 Å². The van der Waals surface area contributed by atoms with Gasteiger partial charge in [-0.05, 0) is 43.7 Å². The van der Waals surface area contributed by atoms with Crippen molar-refractivity contribution in [1.29, 1.82) is 0 Å². The normalized spacial score (nSPS) is 33.5. The zero-order chi connectivity index (χ0) is 17.5. The van der Waals surface area contributed by atoms with Gasteiger partial charge in [-0.25, -0.2) is 0 Å². The first-order chi connectivity index (χ1) is 12.1. The van der Waals surface area contributed by atoms with Crippen LogP contribution in [0, 0.1) is 5.92 Å². The number of fused-ring (bicyclic) bond motifs is 1. The van der Waals surface area contributed by atoms with Crippen molar-refractivity contribution in [3.63, 3.8) is 0 Å². The second-order valence-electron chi connectivity index (χ2n) is 7.67. The van der Waals surface area contributed by atoms with Crippen molar-refractivity contribution in [1.82, 2.24) is 0 Å². The van der Waals surface area contributed by atoms with Gasteiger partial charge in [0.1, 0.15) is 11.2 Å². The molecule has 0 unspecified atom stereocenters. The molecule has 0 aromatic heterocycles. The molecule has 2 aromatic carbocycles. The number of ether oxygens (including phenoxy) is 2. The minimum atomic E-state index is -0.255. The Balaban J connectivity index is 1.60. The first-order valence-electron chi connectivity index (χ1n) is 9.12. The van der Waals surface area contributed by atoms with E-state index < -0.39 is 0 Å². The molecule has 0 N–H and O–H groups in total. The van der Waals surface area contributed by atoms with Crippen molar-refractivity contribution in [3.8, 4) is 0 Å². The minimum absolute atomic E-state index is 0.0726. The first-order valence-corrected chi connectivity index (χ1v) is 9.12. The lowest BCUT2D eigenvalue weighted by Gasteiger charge is -2.36. The average molecular weight is 334 g/mol. The minimum Gasteiger partial charge on any atom is -0.370 e. The monoisotopic (exact) mass is 334 g/mol. The van der Waals surface area contributed by atoms with Gasteiger partial charge in [-0.3, -0.25) is 0 Å². The van der Waals surface area contributed by atoms with E-state index in [1.807, 2.05) is 6.07 Å². The van der Waals surface area contributed by atoms with E-state index in [9.17, 15) is 0 Å². The molecule has 0 amide bonds. The van der Waals surface area contributed by atoms with E-state index in [4.69, 9.17) is 9.47 Å². The number of hydrogen-bond acceptors (Lipinski definition) is 2. The van der Waals surface area contributed by atoms with Gasteiger partial charge in [-0.1, -0.05) is 72.8 Å². The van der Waals surface area contributed by atoms with Crippen LogP contribution in [0.3, 0.4) is 0 Å². The average Bonchev–Trinajstić information content (AvgIpc) is 3.28. The highest BCUT2D eigenvalue weighted by Gasteiger charge is 2.74. The largest absolute Gasteiger partial charge is 0.370 e. The summed E-state index contributed by atoms with van der Waals surface area (Å²) in [5.74, 6) is 0.427. The second kappa shape index (κ2) is 6.12. The van der Waals surface area contributed by atoms with Crippen molar-refractivity contribution >= 4 is 0 Å². The van der Waals surface area contributed by atoms with E-state index >= 15 is 0 Å². The Hall–Kier alpha value is -1.90. The van der Waals surface area contributed by atoms with Gasteiger partial charge in [0.2, 0.25) is 0 Å². The van der Waals surface area contributed by atoms with Crippen molar-refractivity contribution < 1.29 is 9.47 Å². The molecule has 2 aliphatic rings. The molecule has 1 aliphatic carbocycles. The Morgan fingerprint density at radius 3 is 2.40 bits per heavy atom. The van der Waals surface area contributed by atoms with Gasteiger partial charge < -0.3 is 9.47 Å². The molecular weight excluding hydrogens is 308 g/mol. The summed E-state index contributed by atoms with van der Waals surface area (Å²) in [4.78, 5) is 0. The number of allylic oxidation sites excluding steroid dienone is 1. The predicted molar refractivity (Wildman–Crippen MR) is 100 cm³/mol. The molecule has 130 valence electrons. The quantitative estimate of drug-likeness (QED) is 0.551. The molecule has 0 spiro atoms. The molecule has 25 heavy (non-hydrogen) atoms. The first kappa shape index (κ1) is 16.6. The third-order valence-electron chi connectivity index (χ3n) is 6.02. The molecule has 0 bridgehead atoms. The molecule has 2 fully saturated rings. The molecule has 2 aromatic rings. The van der Waals surface area contributed by atoms with Crippen LogP contribution in [0.5, 0.6) is 0 Å². The lowest BCUT2D eigenvalue weighted by Crippen LogP contribution is -2.43. The zero-order valence-electron chi connectivity index (χ0n) is 15.1. The lowest BCUT2D eigenvalue weighted by molar-refractivity contribution is -0.0263. The molecule has 1 saturated carbocycles. The summed E-state index contributed by atoms with van der Waals surface area (Å²) in [5.41, 5.74) is 3.19. The molecule has 1 saturated heterocycles. The number of rotatable bonds is 5. The van der Waals surface area contributed by atoms with Crippen molar-refractivity contribution in [2.45, 2.75) is 50.6 Å². The molecule has 2 nitrogen and oxygen atoms in total. The molecule has 1 aliphatic heterocycles. The van der Waals surface area contributed by atoms with Crippen LogP contribution < -0.4 is 0 Å². The van der Waals surface area contributed by atoms with Gasteiger partial charge in [0.25, 0.3) is 0 Å². The topological polar surface area (TPSA) is 21.8 Å². The van der Waals surface area contributed by atoms with Crippen molar-refractivity contribution in [3.05, 3.63) is 83.9 Å². The molecular formula is C23H26O2. The third kappa shape index (κ3) is 2.74. The summed E-state index contributed by atoms with van der Waals surface area (Å²) < 4.78 is 12.8. The summed E-state index contributed by atoms with van der Waals surface area (Å²) in [7, 11) is 0. The maximum atomic E-state index is 6.45. The van der Waals surface area contributed by atoms with Crippen LogP contribution in [0.1, 0.15) is 37.8 Å². The van der Waals surface area contributed by atoms with E-state index in [0.29, 0.717) is 12.5 Å². The van der Waals surface area contributed by atoms with Gasteiger partial charge in [0.15, 0.2) is 0 Å². The van der Waals surface area contributed by atoms with Gasteiger partial charge in [0.05, 0.1) is 12.7 Å². The predicted octanol–water partition coefficient (Wildman–Crippen LogP) is 5.24. The Labute approximate surface area is 150 Å². The van der Waals surface area contributed by atoms with Crippen LogP contribution in [0.2, 0.25) is 0 Å². The fourth-order valence-electron chi connectivity index (χ4n) is 4.36. The van der Waals surface area contributed by atoms with E-state index in [1.165, 1.54) is 16.7 Å². The summed E-state index contributed by atoms with van der Waals surface area (Å²) >= 11 is 0. The Kier molecular flexibility index (Phi) is 4.05. The number of hydrogen-bond donors (Lipinski definition) is 0. The number of benzene rings is 2. The molecule has 0 radical (unpaired) electrons. The van der Waals surface area contributed by atoms with Crippen LogP contribution in [0.4, 0.5) is 0 Å². The third-order valence-corrected chi connectivity index (χ3v) is 6.02. The smallest absolute Gasteiger partial charge is 0.126 e. The summed E-state index contributed by atoms with van der Waals surface area (Å²) in [6.45, 7) is 9.18. The van der Waals surface area contributed by atoms with Crippen LogP contribution in [0.25, 0.3) is 0 Å².